The zero-order valence-electron chi connectivity index (χ0n) is 10.6. The molecule has 0 aliphatic carbocycles. The van der Waals surface area contributed by atoms with Gasteiger partial charge in [-0.15, -0.1) is 0 Å². The molecule has 18 heavy (non-hydrogen) atoms. The molecular weight excluding hydrogens is 230 g/mol. The first-order valence-corrected chi connectivity index (χ1v) is 5.76. The first-order chi connectivity index (χ1) is 8.51. The number of nitrogen functional groups attached to an aromatic ring is 1. The fraction of sp³-hybridized carbons (Fsp3) is 0.385. The van der Waals surface area contributed by atoms with Gasteiger partial charge < -0.3 is 15.7 Å². The number of rotatable bonds is 5. The lowest BCUT2D eigenvalue weighted by Crippen LogP contribution is -2.24. The third-order valence-corrected chi connectivity index (χ3v) is 2.84. The van der Waals surface area contributed by atoms with E-state index < -0.39 is 5.97 Å². The van der Waals surface area contributed by atoms with Gasteiger partial charge in [-0.1, -0.05) is 0 Å². The van der Waals surface area contributed by atoms with Gasteiger partial charge in [0.15, 0.2) is 0 Å². The van der Waals surface area contributed by atoms with E-state index in [9.17, 15) is 4.79 Å². The minimum absolute atomic E-state index is 0.111. The van der Waals surface area contributed by atoms with Crippen LogP contribution in [0, 0.1) is 18.3 Å². The minimum Gasteiger partial charge on any atom is -0.478 e. The molecule has 96 valence electrons. The van der Waals surface area contributed by atoms with Crippen molar-refractivity contribution in [2.45, 2.75) is 20.3 Å². The molecule has 0 aromatic heterocycles. The highest BCUT2D eigenvalue weighted by atomic mass is 16.4. The first-order valence-electron chi connectivity index (χ1n) is 5.76. The van der Waals surface area contributed by atoms with E-state index in [4.69, 9.17) is 16.1 Å². The van der Waals surface area contributed by atoms with E-state index in [2.05, 4.69) is 6.07 Å². The van der Waals surface area contributed by atoms with Gasteiger partial charge >= 0.3 is 5.97 Å². The van der Waals surface area contributed by atoms with Crippen LogP contribution >= 0.6 is 0 Å². The van der Waals surface area contributed by atoms with Crippen molar-refractivity contribution in [3.63, 3.8) is 0 Å². The molecule has 5 nitrogen and oxygen atoms in total. The second kappa shape index (κ2) is 5.92. The number of benzene rings is 1. The Hall–Kier alpha value is -2.22. The summed E-state index contributed by atoms with van der Waals surface area (Å²) in [5.74, 6) is -1.03. The smallest absolute Gasteiger partial charge is 0.337 e. The largest absolute Gasteiger partial charge is 0.478 e. The fourth-order valence-electron chi connectivity index (χ4n) is 1.79. The molecule has 0 fully saturated rings. The molecule has 0 heterocycles. The average molecular weight is 247 g/mol. The third kappa shape index (κ3) is 2.92. The quantitative estimate of drug-likeness (QED) is 0.777. The topological polar surface area (TPSA) is 90.4 Å². The molecule has 0 aliphatic heterocycles. The van der Waals surface area contributed by atoms with Crippen LogP contribution in [0.1, 0.15) is 29.3 Å². The summed E-state index contributed by atoms with van der Waals surface area (Å²) >= 11 is 0. The van der Waals surface area contributed by atoms with Gasteiger partial charge in [-0.2, -0.15) is 5.26 Å². The predicted molar refractivity (Wildman–Crippen MR) is 70.7 cm³/mol. The van der Waals surface area contributed by atoms with Crippen LogP contribution in [0.15, 0.2) is 12.1 Å². The molecule has 0 aliphatic rings. The molecular formula is C13H17N3O2. The molecule has 0 radical (unpaired) electrons. The van der Waals surface area contributed by atoms with Crippen molar-refractivity contribution >= 4 is 17.3 Å². The number of aryl methyl sites for hydroxylation is 1. The average Bonchev–Trinajstić information content (AvgIpc) is 2.33. The van der Waals surface area contributed by atoms with E-state index in [1.54, 1.807) is 13.0 Å². The number of hydrogen-bond donors (Lipinski definition) is 2. The molecule has 0 saturated heterocycles. The second-order valence-corrected chi connectivity index (χ2v) is 4.02. The lowest BCUT2D eigenvalue weighted by molar-refractivity contribution is 0.0698. The monoisotopic (exact) mass is 247 g/mol. The van der Waals surface area contributed by atoms with Gasteiger partial charge in [0.25, 0.3) is 0 Å². The zero-order chi connectivity index (χ0) is 13.7. The molecule has 1 rings (SSSR count). The molecule has 5 heteroatoms. The number of carboxylic acids is 1. The van der Waals surface area contributed by atoms with E-state index in [-0.39, 0.29) is 5.56 Å². The zero-order valence-corrected chi connectivity index (χ0v) is 10.6. The minimum atomic E-state index is -1.03. The molecule has 0 unspecified atom stereocenters. The summed E-state index contributed by atoms with van der Waals surface area (Å²) in [6.07, 6.45) is 0.402. The van der Waals surface area contributed by atoms with Crippen molar-refractivity contribution in [1.82, 2.24) is 0 Å². The molecule has 0 bridgehead atoms. The fourth-order valence-corrected chi connectivity index (χ4v) is 1.79. The molecule has 0 amide bonds. The molecule has 0 spiro atoms. The van der Waals surface area contributed by atoms with Crippen molar-refractivity contribution in [1.29, 1.82) is 5.26 Å². The highest BCUT2D eigenvalue weighted by Gasteiger charge is 2.14. The molecule has 1 aromatic carbocycles. The van der Waals surface area contributed by atoms with E-state index in [1.165, 1.54) is 0 Å². The van der Waals surface area contributed by atoms with Gasteiger partial charge in [-0.25, -0.2) is 4.79 Å². The highest BCUT2D eigenvalue weighted by molar-refractivity contribution is 5.95. The predicted octanol–water partition coefficient (Wildman–Crippen LogP) is 2.02. The first kappa shape index (κ1) is 13.8. The van der Waals surface area contributed by atoms with Gasteiger partial charge in [0.05, 0.1) is 18.1 Å². The Morgan fingerprint density at radius 3 is 2.72 bits per heavy atom. The third-order valence-electron chi connectivity index (χ3n) is 2.84. The summed E-state index contributed by atoms with van der Waals surface area (Å²) in [5, 5.41) is 17.7. The van der Waals surface area contributed by atoms with Gasteiger partial charge in [0.2, 0.25) is 0 Å². The molecule has 0 saturated carbocycles. The van der Waals surface area contributed by atoms with E-state index in [0.29, 0.717) is 25.2 Å². The van der Waals surface area contributed by atoms with Crippen LogP contribution in [0.25, 0.3) is 0 Å². The van der Waals surface area contributed by atoms with Crippen LogP contribution in [0.4, 0.5) is 11.4 Å². The van der Waals surface area contributed by atoms with Crippen LogP contribution in [0.5, 0.6) is 0 Å². The standard InChI is InChI=1S/C13H17N3O2/c1-3-16(6-4-5-14)10-7-9(2)12(15)11(8-10)13(17)18/h7-8H,3-4,6,15H2,1-2H3,(H,17,18). The number of hydrogen-bond acceptors (Lipinski definition) is 4. The Balaban J connectivity index is 3.16. The summed E-state index contributed by atoms with van der Waals surface area (Å²) in [6.45, 7) is 5.03. The summed E-state index contributed by atoms with van der Waals surface area (Å²) < 4.78 is 0. The lowest BCUT2D eigenvalue weighted by Gasteiger charge is -2.23. The Morgan fingerprint density at radius 2 is 2.22 bits per heavy atom. The normalized spacial score (nSPS) is 9.83. The Bertz CT molecular complexity index is 492. The van der Waals surface area contributed by atoms with Crippen molar-refractivity contribution in [3.05, 3.63) is 23.3 Å². The SMILES string of the molecule is CCN(CCC#N)c1cc(C)c(N)c(C(=O)O)c1. The van der Waals surface area contributed by atoms with Crippen LogP contribution in [-0.4, -0.2) is 24.2 Å². The van der Waals surface area contributed by atoms with E-state index >= 15 is 0 Å². The Kier molecular flexibility index (Phi) is 4.55. The molecule has 1 aromatic rings. The van der Waals surface area contributed by atoms with Crippen molar-refractivity contribution in [2.24, 2.45) is 0 Å². The van der Waals surface area contributed by atoms with Crippen molar-refractivity contribution in [2.75, 3.05) is 23.7 Å². The maximum Gasteiger partial charge on any atom is 0.337 e. The lowest BCUT2D eigenvalue weighted by atomic mass is 10.1. The summed E-state index contributed by atoms with van der Waals surface area (Å²) in [6, 6.07) is 5.49. The number of carbonyl (C=O) groups is 1. The summed E-state index contributed by atoms with van der Waals surface area (Å²) in [4.78, 5) is 13.1. The number of nitrogens with zero attached hydrogens (tertiary/aromatic N) is 2. The molecule has 3 N–H and O–H groups in total. The van der Waals surface area contributed by atoms with Crippen LogP contribution in [0.2, 0.25) is 0 Å². The number of carboxylic acid groups (broad SMARTS) is 1. The van der Waals surface area contributed by atoms with Crippen LogP contribution in [-0.2, 0) is 0 Å². The van der Waals surface area contributed by atoms with Gasteiger partial charge in [0, 0.05) is 24.5 Å². The number of nitrogens with two attached hydrogens (primary N) is 1. The van der Waals surface area contributed by atoms with E-state index in [0.717, 1.165) is 11.3 Å². The Morgan fingerprint density at radius 1 is 1.56 bits per heavy atom. The van der Waals surface area contributed by atoms with E-state index in [1.807, 2.05) is 17.9 Å². The summed E-state index contributed by atoms with van der Waals surface area (Å²) in [7, 11) is 0. The van der Waals surface area contributed by atoms with Crippen molar-refractivity contribution in [3.8, 4) is 6.07 Å². The summed E-state index contributed by atoms with van der Waals surface area (Å²) in [5.41, 5.74) is 7.67. The number of nitriles is 1. The maximum absolute atomic E-state index is 11.1. The van der Waals surface area contributed by atoms with Gasteiger partial charge in [-0.05, 0) is 31.5 Å². The number of anilines is 2. The maximum atomic E-state index is 11.1. The van der Waals surface area contributed by atoms with Gasteiger partial charge in [0.1, 0.15) is 0 Å². The van der Waals surface area contributed by atoms with Crippen molar-refractivity contribution < 1.29 is 9.90 Å². The van der Waals surface area contributed by atoms with Gasteiger partial charge in [-0.3, -0.25) is 0 Å². The number of aromatic carboxylic acids is 1. The molecule has 0 atom stereocenters. The van der Waals surface area contributed by atoms with Crippen LogP contribution in [0.3, 0.4) is 0 Å². The second-order valence-electron chi connectivity index (χ2n) is 4.02. The Labute approximate surface area is 106 Å². The van der Waals surface area contributed by atoms with Crippen LogP contribution < -0.4 is 10.6 Å². The highest BCUT2D eigenvalue weighted by Crippen LogP contribution is 2.25.